The smallest absolute Gasteiger partial charge is 0.379 e. The van der Waals surface area contributed by atoms with Crippen molar-refractivity contribution in [2.45, 2.75) is 13.1 Å². The van der Waals surface area contributed by atoms with Gasteiger partial charge in [0.15, 0.2) is 5.69 Å². The molecule has 0 spiro atoms. The molecule has 1 saturated heterocycles. The van der Waals surface area contributed by atoms with E-state index in [0.29, 0.717) is 25.3 Å². The van der Waals surface area contributed by atoms with E-state index < -0.39 is 23.3 Å². The van der Waals surface area contributed by atoms with Crippen LogP contribution >= 0.6 is 0 Å². The van der Waals surface area contributed by atoms with Crippen LogP contribution in [0.2, 0.25) is 0 Å². The molecule has 6 nitrogen and oxygen atoms in total. The summed E-state index contributed by atoms with van der Waals surface area (Å²) in [5.74, 6) is -0.782. The predicted molar refractivity (Wildman–Crippen MR) is 92.9 cm³/mol. The van der Waals surface area contributed by atoms with Crippen molar-refractivity contribution in [3.8, 4) is 5.69 Å². The van der Waals surface area contributed by atoms with E-state index in [1.54, 1.807) is 25.1 Å². The molecule has 1 fully saturated rings. The van der Waals surface area contributed by atoms with E-state index in [9.17, 15) is 18.0 Å². The van der Waals surface area contributed by atoms with Gasteiger partial charge in [0.05, 0.1) is 30.7 Å². The number of ether oxygens (including phenoxy) is 1. The molecule has 2 heterocycles. The number of hydrogen-bond acceptors (Lipinski definition) is 4. The van der Waals surface area contributed by atoms with E-state index in [1.807, 2.05) is 0 Å². The summed E-state index contributed by atoms with van der Waals surface area (Å²) in [6.45, 7) is 5.24. The third-order valence-electron chi connectivity index (χ3n) is 4.44. The molecule has 0 atom stereocenters. The number of aryl methyl sites for hydroxylation is 1. The van der Waals surface area contributed by atoms with Crippen LogP contribution in [-0.4, -0.2) is 60.0 Å². The average Bonchev–Trinajstić information content (AvgIpc) is 3.08. The van der Waals surface area contributed by atoms with Gasteiger partial charge in [-0.1, -0.05) is 18.2 Å². The van der Waals surface area contributed by atoms with Crippen LogP contribution in [0.3, 0.4) is 0 Å². The Balaban J connectivity index is 1.78. The number of halogens is 3. The molecule has 146 valence electrons. The molecular formula is C18H21F3N4O2. The minimum atomic E-state index is -4.71. The second-order valence-electron chi connectivity index (χ2n) is 6.31. The van der Waals surface area contributed by atoms with Gasteiger partial charge in [-0.05, 0) is 18.6 Å². The lowest BCUT2D eigenvalue weighted by molar-refractivity contribution is -0.143. The van der Waals surface area contributed by atoms with Crippen molar-refractivity contribution in [2.75, 3.05) is 39.4 Å². The standard InChI is InChI=1S/C18H21F3N4O2/c1-13-4-2-3-5-15(13)25-16(18(19,20)21)14(12-23-25)17(26)22-6-7-24-8-10-27-11-9-24/h2-5,12H,6-11H2,1H3,(H,22,26). The second kappa shape index (κ2) is 8.10. The summed E-state index contributed by atoms with van der Waals surface area (Å²) < 4.78 is 47.0. The van der Waals surface area contributed by atoms with Gasteiger partial charge in [-0.15, -0.1) is 0 Å². The number of rotatable bonds is 5. The van der Waals surface area contributed by atoms with Gasteiger partial charge in [0.2, 0.25) is 0 Å². The first-order chi connectivity index (χ1) is 12.9. The van der Waals surface area contributed by atoms with Crippen molar-refractivity contribution in [3.05, 3.63) is 47.3 Å². The Morgan fingerprint density at radius 2 is 1.96 bits per heavy atom. The molecule has 1 N–H and O–H groups in total. The van der Waals surface area contributed by atoms with Crippen LogP contribution in [0.5, 0.6) is 0 Å². The monoisotopic (exact) mass is 382 g/mol. The Labute approximate surface area is 154 Å². The van der Waals surface area contributed by atoms with Gasteiger partial charge in [0.1, 0.15) is 0 Å². The Bertz CT molecular complexity index is 798. The van der Waals surface area contributed by atoms with Crippen molar-refractivity contribution >= 4 is 5.91 Å². The molecule has 0 bridgehead atoms. The van der Waals surface area contributed by atoms with Crippen molar-refractivity contribution < 1.29 is 22.7 Å². The van der Waals surface area contributed by atoms with E-state index in [4.69, 9.17) is 4.74 Å². The summed E-state index contributed by atoms with van der Waals surface area (Å²) in [4.78, 5) is 14.5. The number of para-hydroxylation sites is 1. The first kappa shape index (κ1) is 19.4. The number of carbonyl (C=O) groups excluding carboxylic acids is 1. The molecule has 1 aromatic carbocycles. The van der Waals surface area contributed by atoms with Gasteiger partial charge in [-0.2, -0.15) is 18.3 Å². The largest absolute Gasteiger partial charge is 0.434 e. The Morgan fingerprint density at radius 1 is 1.26 bits per heavy atom. The highest BCUT2D eigenvalue weighted by Gasteiger charge is 2.40. The van der Waals surface area contributed by atoms with Crippen LogP contribution in [0, 0.1) is 6.92 Å². The highest BCUT2D eigenvalue weighted by atomic mass is 19.4. The van der Waals surface area contributed by atoms with E-state index in [2.05, 4.69) is 15.3 Å². The molecule has 0 unspecified atom stereocenters. The lowest BCUT2D eigenvalue weighted by Gasteiger charge is -2.26. The Kier molecular flexibility index (Phi) is 5.81. The molecular weight excluding hydrogens is 361 g/mol. The maximum atomic E-state index is 13.7. The van der Waals surface area contributed by atoms with Gasteiger partial charge in [0, 0.05) is 26.2 Å². The van der Waals surface area contributed by atoms with E-state index in [0.717, 1.165) is 24.0 Å². The minimum Gasteiger partial charge on any atom is -0.379 e. The summed E-state index contributed by atoms with van der Waals surface area (Å²) in [7, 11) is 0. The number of benzene rings is 1. The SMILES string of the molecule is Cc1ccccc1-n1ncc(C(=O)NCCN2CCOCC2)c1C(F)(F)F. The molecule has 1 aliphatic heterocycles. The van der Waals surface area contributed by atoms with Crippen LogP contribution in [0.4, 0.5) is 13.2 Å². The molecule has 27 heavy (non-hydrogen) atoms. The Morgan fingerprint density at radius 3 is 2.63 bits per heavy atom. The quantitative estimate of drug-likeness (QED) is 0.862. The second-order valence-corrected chi connectivity index (χ2v) is 6.31. The molecule has 2 aromatic rings. The van der Waals surface area contributed by atoms with Gasteiger partial charge in [-0.3, -0.25) is 9.69 Å². The minimum absolute atomic E-state index is 0.256. The molecule has 1 amide bonds. The van der Waals surface area contributed by atoms with Crippen molar-refractivity contribution in [1.29, 1.82) is 0 Å². The average molecular weight is 382 g/mol. The lowest BCUT2D eigenvalue weighted by atomic mass is 10.1. The molecule has 0 radical (unpaired) electrons. The number of hydrogen-bond donors (Lipinski definition) is 1. The fourth-order valence-corrected chi connectivity index (χ4v) is 3.02. The molecule has 1 aliphatic rings. The third-order valence-corrected chi connectivity index (χ3v) is 4.44. The molecule has 1 aromatic heterocycles. The van der Waals surface area contributed by atoms with E-state index in [1.165, 1.54) is 6.07 Å². The first-order valence-electron chi connectivity index (χ1n) is 8.67. The number of nitrogens with one attached hydrogen (secondary N) is 1. The Hall–Kier alpha value is -2.39. The molecule has 9 heteroatoms. The summed E-state index contributed by atoms with van der Waals surface area (Å²) in [6.07, 6.45) is -3.74. The van der Waals surface area contributed by atoms with Gasteiger partial charge in [-0.25, -0.2) is 4.68 Å². The fraction of sp³-hybridized carbons (Fsp3) is 0.444. The van der Waals surface area contributed by atoms with Gasteiger partial charge < -0.3 is 10.1 Å². The molecule has 0 aliphatic carbocycles. The van der Waals surface area contributed by atoms with Crippen LogP contribution in [-0.2, 0) is 10.9 Å². The van der Waals surface area contributed by atoms with Crippen LogP contribution < -0.4 is 5.32 Å². The number of amides is 1. The predicted octanol–water partition coefficient (Wildman–Crippen LogP) is 2.26. The number of alkyl halides is 3. The molecule has 3 rings (SSSR count). The van der Waals surface area contributed by atoms with Crippen LogP contribution in [0.15, 0.2) is 30.5 Å². The summed E-state index contributed by atoms with van der Waals surface area (Å²) in [5, 5.41) is 6.40. The lowest BCUT2D eigenvalue weighted by Crippen LogP contribution is -2.41. The number of nitrogens with zero attached hydrogens (tertiary/aromatic N) is 3. The number of carbonyl (C=O) groups is 1. The highest BCUT2D eigenvalue weighted by Crippen LogP contribution is 2.34. The summed E-state index contributed by atoms with van der Waals surface area (Å²) in [6, 6.07) is 6.60. The van der Waals surface area contributed by atoms with Gasteiger partial charge >= 0.3 is 6.18 Å². The highest BCUT2D eigenvalue weighted by molar-refractivity contribution is 5.95. The maximum Gasteiger partial charge on any atom is 0.434 e. The zero-order valence-electron chi connectivity index (χ0n) is 14.9. The number of morpholine rings is 1. The topological polar surface area (TPSA) is 59.4 Å². The van der Waals surface area contributed by atoms with E-state index in [-0.39, 0.29) is 12.2 Å². The van der Waals surface area contributed by atoms with Gasteiger partial charge in [0.25, 0.3) is 5.91 Å². The summed E-state index contributed by atoms with van der Waals surface area (Å²) in [5.41, 5.74) is -0.629. The normalized spacial score (nSPS) is 15.7. The molecule has 0 saturated carbocycles. The summed E-state index contributed by atoms with van der Waals surface area (Å²) >= 11 is 0. The zero-order valence-corrected chi connectivity index (χ0v) is 14.9. The maximum absolute atomic E-state index is 13.7. The first-order valence-corrected chi connectivity index (χ1v) is 8.67. The fourth-order valence-electron chi connectivity index (χ4n) is 3.02. The van der Waals surface area contributed by atoms with Crippen LogP contribution in [0.1, 0.15) is 21.6 Å². The van der Waals surface area contributed by atoms with Crippen molar-refractivity contribution in [2.24, 2.45) is 0 Å². The van der Waals surface area contributed by atoms with Crippen molar-refractivity contribution in [3.63, 3.8) is 0 Å². The van der Waals surface area contributed by atoms with E-state index >= 15 is 0 Å². The number of aromatic nitrogens is 2. The van der Waals surface area contributed by atoms with Crippen LogP contribution in [0.25, 0.3) is 5.69 Å². The zero-order chi connectivity index (χ0) is 19.4. The van der Waals surface area contributed by atoms with Crippen molar-refractivity contribution in [1.82, 2.24) is 20.0 Å². The third kappa shape index (κ3) is 4.48.